The normalized spacial score (nSPS) is 10.1. The van der Waals surface area contributed by atoms with E-state index in [-0.39, 0.29) is 5.97 Å². The van der Waals surface area contributed by atoms with Crippen LogP contribution < -0.4 is 4.90 Å². The number of methoxy groups -OCH3 is 1. The molecule has 0 radical (unpaired) electrons. The van der Waals surface area contributed by atoms with Gasteiger partial charge in [0, 0.05) is 26.0 Å². The van der Waals surface area contributed by atoms with Crippen LogP contribution in [0.3, 0.4) is 0 Å². The minimum Gasteiger partial charge on any atom is -0.469 e. The summed E-state index contributed by atoms with van der Waals surface area (Å²) in [4.78, 5) is 21.4. The lowest BCUT2D eigenvalue weighted by atomic mass is 10.2. The molecule has 94 valence electrons. The third-order valence-electron chi connectivity index (χ3n) is 2.45. The van der Waals surface area contributed by atoms with Crippen LogP contribution in [0, 0.1) is 0 Å². The standard InChI is InChI=1S/C12H19N3O2/c1-4-5-10-8-13-12(14-9-10)15(2)7-6-11(16)17-3/h8-9H,4-7H2,1-3H3. The monoisotopic (exact) mass is 237 g/mol. The maximum atomic E-state index is 11.0. The fourth-order valence-corrected chi connectivity index (χ4v) is 1.42. The minimum atomic E-state index is -0.223. The summed E-state index contributed by atoms with van der Waals surface area (Å²) in [7, 11) is 3.25. The van der Waals surface area contributed by atoms with Crippen molar-refractivity contribution in [2.24, 2.45) is 0 Å². The van der Waals surface area contributed by atoms with E-state index in [1.54, 1.807) is 0 Å². The Hall–Kier alpha value is -1.65. The Bertz CT molecular complexity index is 351. The summed E-state index contributed by atoms with van der Waals surface area (Å²) in [6, 6.07) is 0. The van der Waals surface area contributed by atoms with E-state index in [1.165, 1.54) is 7.11 Å². The smallest absolute Gasteiger partial charge is 0.307 e. The van der Waals surface area contributed by atoms with Gasteiger partial charge in [-0.2, -0.15) is 0 Å². The maximum Gasteiger partial charge on any atom is 0.307 e. The van der Waals surface area contributed by atoms with Crippen LogP contribution in [0.15, 0.2) is 12.4 Å². The number of rotatable bonds is 6. The quantitative estimate of drug-likeness (QED) is 0.700. The van der Waals surface area contributed by atoms with Gasteiger partial charge in [0.25, 0.3) is 0 Å². The number of ether oxygens (including phenoxy) is 1. The summed E-state index contributed by atoms with van der Waals surface area (Å²) >= 11 is 0. The molecule has 0 unspecified atom stereocenters. The van der Waals surface area contributed by atoms with Crippen molar-refractivity contribution < 1.29 is 9.53 Å². The van der Waals surface area contributed by atoms with E-state index >= 15 is 0 Å². The molecular formula is C12H19N3O2. The zero-order chi connectivity index (χ0) is 12.7. The Labute approximate surface area is 102 Å². The van der Waals surface area contributed by atoms with Crippen LogP contribution in [0.5, 0.6) is 0 Å². The summed E-state index contributed by atoms with van der Waals surface area (Å²) in [5, 5.41) is 0. The zero-order valence-electron chi connectivity index (χ0n) is 10.6. The second-order valence-corrected chi connectivity index (χ2v) is 3.89. The number of carbonyl (C=O) groups excluding carboxylic acids is 1. The van der Waals surface area contributed by atoms with Crippen molar-refractivity contribution >= 4 is 11.9 Å². The Morgan fingerprint density at radius 1 is 1.41 bits per heavy atom. The molecule has 0 bridgehead atoms. The lowest BCUT2D eigenvalue weighted by Crippen LogP contribution is -2.23. The molecule has 5 heteroatoms. The predicted octanol–water partition coefficient (Wildman–Crippen LogP) is 1.43. The predicted molar refractivity (Wildman–Crippen MR) is 65.9 cm³/mol. The Kier molecular flexibility index (Phi) is 5.39. The van der Waals surface area contributed by atoms with E-state index in [2.05, 4.69) is 21.6 Å². The number of hydrogen-bond donors (Lipinski definition) is 0. The third-order valence-corrected chi connectivity index (χ3v) is 2.45. The first-order chi connectivity index (χ1) is 8.17. The fourth-order valence-electron chi connectivity index (χ4n) is 1.42. The minimum absolute atomic E-state index is 0.223. The van der Waals surface area contributed by atoms with Crippen molar-refractivity contribution in [3.8, 4) is 0 Å². The Balaban J connectivity index is 2.51. The van der Waals surface area contributed by atoms with Crippen LogP contribution in [-0.4, -0.2) is 36.6 Å². The molecule has 1 rings (SSSR count). The molecule has 17 heavy (non-hydrogen) atoms. The number of esters is 1. The molecule has 0 spiro atoms. The van der Waals surface area contributed by atoms with Gasteiger partial charge in [-0.15, -0.1) is 0 Å². The largest absolute Gasteiger partial charge is 0.469 e. The molecule has 0 aliphatic rings. The molecule has 0 aromatic carbocycles. The highest BCUT2D eigenvalue weighted by molar-refractivity contribution is 5.69. The van der Waals surface area contributed by atoms with Gasteiger partial charge in [0.15, 0.2) is 0 Å². The van der Waals surface area contributed by atoms with Crippen molar-refractivity contribution in [2.75, 3.05) is 25.6 Å². The van der Waals surface area contributed by atoms with Crippen LogP contribution in [0.25, 0.3) is 0 Å². The summed E-state index contributed by atoms with van der Waals surface area (Å²) in [5.41, 5.74) is 1.14. The van der Waals surface area contributed by atoms with E-state index in [1.807, 2.05) is 24.3 Å². The number of hydrogen-bond acceptors (Lipinski definition) is 5. The van der Waals surface area contributed by atoms with E-state index in [9.17, 15) is 4.79 Å². The van der Waals surface area contributed by atoms with Gasteiger partial charge in [-0.1, -0.05) is 13.3 Å². The summed E-state index contributed by atoms with van der Waals surface area (Å²) in [6.07, 6.45) is 6.08. The highest BCUT2D eigenvalue weighted by Crippen LogP contribution is 2.07. The van der Waals surface area contributed by atoms with E-state index in [0.29, 0.717) is 18.9 Å². The highest BCUT2D eigenvalue weighted by atomic mass is 16.5. The Morgan fingerprint density at radius 3 is 2.59 bits per heavy atom. The van der Waals surface area contributed by atoms with Crippen LogP contribution in [0.4, 0.5) is 5.95 Å². The van der Waals surface area contributed by atoms with Gasteiger partial charge in [0.2, 0.25) is 5.95 Å². The van der Waals surface area contributed by atoms with E-state index in [4.69, 9.17) is 0 Å². The number of carbonyl (C=O) groups is 1. The van der Waals surface area contributed by atoms with Crippen molar-refractivity contribution in [1.29, 1.82) is 0 Å². The molecule has 0 saturated carbocycles. The molecule has 1 aromatic heterocycles. The van der Waals surface area contributed by atoms with Crippen LogP contribution in [0.2, 0.25) is 0 Å². The topological polar surface area (TPSA) is 55.3 Å². The van der Waals surface area contributed by atoms with Crippen LogP contribution in [-0.2, 0) is 16.0 Å². The molecular weight excluding hydrogens is 218 g/mol. The van der Waals surface area contributed by atoms with Gasteiger partial charge in [0.05, 0.1) is 13.5 Å². The average molecular weight is 237 g/mol. The lowest BCUT2D eigenvalue weighted by Gasteiger charge is -2.15. The first kappa shape index (κ1) is 13.4. The lowest BCUT2D eigenvalue weighted by molar-refractivity contribution is -0.140. The first-order valence-corrected chi connectivity index (χ1v) is 5.76. The van der Waals surface area contributed by atoms with Crippen molar-refractivity contribution in [3.63, 3.8) is 0 Å². The SMILES string of the molecule is CCCc1cnc(N(C)CCC(=O)OC)nc1. The maximum absolute atomic E-state index is 11.0. The third kappa shape index (κ3) is 4.38. The molecule has 0 aliphatic carbocycles. The molecule has 1 heterocycles. The van der Waals surface area contributed by atoms with Gasteiger partial charge in [-0.3, -0.25) is 4.79 Å². The molecule has 0 atom stereocenters. The molecule has 0 amide bonds. The van der Waals surface area contributed by atoms with Crippen molar-refractivity contribution in [1.82, 2.24) is 9.97 Å². The van der Waals surface area contributed by atoms with Gasteiger partial charge >= 0.3 is 5.97 Å². The van der Waals surface area contributed by atoms with Crippen molar-refractivity contribution in [3.05, 3.63) is 18.0 Å². The molecule has 0 N–H and O–H groups in total. The summed E-state index contributed by atoms with van der Waals surface area (Å²) in [6.45, 7) is 2.68. The second kappa shape index (κ2) is 6.83. The summed E-state index contributed by atoms with van der Waals surface area (Å²) < 4.78 is 4.58. The number of aromatic nitrogens is 2. The Morgan fingerprint density at radius 2 is 2.06 bits per heavy atom. The second-order valence-electron chi connectivity index (χ2n) is 3.89. The number of anilines is 1. The number of aryl methyl sites for hydroxylation is 1. The van der Waals surface area contributed by atoms with Crippen LogP contribution >= 0.6 is 0 Å². The fraction of sp³-hybridized carbons (Fsp3) is 0.583. The zero-order valence-corrected chi connectivity index (χ0v) is 10.6. The van der Waals surface area contributed by atoms with Gasteiger partial charge < -0.3 is 9.64 Å². The van der Waals surface area contributed by atoms with Gasteiger partial charge in [0.1, 0.15) is 0 Å². The molecule has 5 nitrogen and oxygen atoms in total. The van der Waals surface area contributed by atoms with E-state index in [0.717, 1.165) is 18.4 Å². The number of nitrogens with zero attached hydrogens (tertiary/aromatic N) is 3. The average Bonchev–Trinajstić information content (AvgIpc) is 2.36. The van der Waals surface area contributed by atoms with Crippen LogP contribution in [0.1, 0.15) is 25.3 Å². The summed E-state index contributed by atoms with van der Waals surface area (Å²) in [5.74, 6) is 0.410. The first-order valence-electron chi connectivity index (χ1n) is 5.76. The van der Waals surface area contributed by atoms with Gasteiger partial charge in [-0.25, -0.2) is 9.97 Å². The highest BCUT2D eigenvalue weighted by Gasteiger charge is 2.07. The molecule has 1 aromatic rings. The van der Waals surface area contributed by atoms with E-state index < -0.39 is 0 Å². The van der Waals surface area contributed by atoms with Gasteiger partial charge in [-0.05, 0) is 12.0 Å². The molecule has 0 saturated heterocycles. The van der Waals surface area contributed by atoms with Crippen molar-refractivity contribution in [2.45, 2.75) is 26.2 Å². The molecule has 0 fully saturated rings. The molecule has 0 aliphatic heterocycles.